The van der Waals surface area contributed by atoms with Crippen molar-refractivity contribution in [3.63, 3.8) is 0 Å². The molecule has 16 heavy (non-hydrogen) atoms. The predicted octanol–water partition coefficient (Wildman–Crippen LogP) is 2.23. The average molecular weight is 215 g/mol. The lowest BCUT2D eigenvalue weighted by molar-refractivity contribution is 0.483. The van der Waals surface area contributed by atoms with E-state index in [2.05, 4.69) is 0 Å². The summed E-state index contributed by atoms with van der Waals surface area (Å²) in [7, 11) is 0. The van der Waals surface area contributed by atoms with E-state index in [9.17, 15) is 0 Å². The molecule has 0 atom stereocenters. The quantitative estimate of drug-likeness (QED) is 0.670. The van der Waals surface area contributed by atoms with Crippen molar-refractivity contribution >= 4 is 17.1 Å². The van der Waals surface area contributed by atoms with Gasteiger partial charge in [0.15, 0.2) is 0 Å². The third kappa shape index (κ3) is 2.17. The highest BCUT2D eigenvalue weighted by Crippen LogP contribution is 2.27. The maximum Gasteiger partial charge on any atom is 0.129 e. The number of hydrogen-bond acceptors (Lipinski definition) is 4. The van der Waals surface area contributed by atoms with E-state index in [1.54, 1.807) is 30.3 Å². The summed E-state index contributed by atoms with van der Waals surface area (Å²) in [6, 6.07) is 12.3. The number of nitrogen functional groups attached to an aromatic ring is 3. The van der Waals surface area contributed by atoms with E-state index in [4.69, 9.17) is 21.9 Å². The summed E-state index contributed by atoms with van der Waals surface area (Å²) in [5, 5.41) is 0. The van der Waals surface area contributed by atoms with Gasteiger partial charge < -0.3 is 21.9 Å². The summed E-state index contributed by atoms with van der Waals surface area (Å²) in [5.41, 5.74) is 18.6. The Labute approximate surface area is 93.6 Å². The van der Waals surface area contributed by atoms with Crippen LogP contribution in [0.1, 0.15) is 0 Å². The molecule has 0 spiro atoms. The first-order chi connectivity index (χ1) is 7.65. The lowest BCUT2D eigenvalue weighted by atomic mass is 10.2. The maximum atomic E-state index is 5.67. The average Bonchev–Trinajstić information content (AvgIpc) is 2.24. The number of ether oxygens (including phenoxy) is 1. The fraction of sp³-hybridized carbons (Fsp3) is 0. The van der Waals surface area contributed by atoms with E-state index in [1.807, 2.05) is 12.1 Å². The van der Waals surface area contributed by atoms with Crippen LogP contribution in [0, 0.1) is 0 Å². The van der Waals surface area contributed by atoms with E-state index >= 15 is 0 Å². The Morgan fingerprint density at radius 2 is 1.50 bits per heavy atom. The molecule has 0 bridgehead atoms. The first-order valence-corrected chi connectivity index (χ1v) is 4.83. The standard InChI is InChI=1S/C12H13N3O/c13-8-2-1-3-9(6-8)16-10-4-5-11(14)12(15)7-10/h1-7H,13-15H2. The number of anilines is 3. The Balaban J connectivity index is 2.24. The first kappa shape index (κ1) is 10.2. The Morgan fingerprint density at radius 3 is 2.19 bits per heavy atom. The van der Waals surface area contributed by atoms with E-state index < -0.39 is 0 Å². The molecule has 0 fully saturated rings. The zero-order valence-corrected chi connectivity index (χ0v) is 8.68. The molecule has 4 nitrogen and oxygen atoms in total. The highest BCUT2D eigenvalue weighted by atomic mass is 16.5. The summed E-state index contributed by atoms with van der Waals surface area (Å²) in [4.78, 5) is 0. The summed E-state index contributed by atoms with van der Waals surface area (Å²) in [6.07, 6.45) is 0. The van der Waals surface area contributed by atoms with Crippen LogP contribution in [0.3, 0.4) is 0 Å². The molecule has 2 aromatic carbocycles. The van der Waals surface area contributed by atoms with Crippen LogP contribution in [0.5, 0.6) is 11.5 Å². The van der Waals surface area contributed by atoms with Crippen molar-refractivity contribution < 1.29 is 4.74 Å². The van der Waals surface area contributed by atoms with E-state index in [1.165, 1.54) is 0 Å². The SMILES string of the molecule is Nc1cccc(Oc2ccc(N)c(N)c2)c1. The van der Waals surface area contributed by atoms with Crippen molar-refractivity contribution in [2.75, 3.05) is 17.2 Å². The summed E-state index contributed by atoms with van der Waals surface area (Å²) in [5.74, 6) is 1.31. The molecule has 0 amide bonds. The lowest BCUT2D eigenvalue weighted by Gasteiger charge is -2.07. The van der Waals surface area contributed by atoms with E-state index in [0.29, 0.717) is 28.6 Å². The molecule has 6 N–H and O–H groups in total. The molecule has 0 saturated heterocycles. The van der Waals surface area contributed by atoms with Gasteiger partial charge in [0.2, 0.25) is 0 Å². The molecule has 0 aliphatic carbocycles. The molecule has 2 aromatic rings. The topological polar surface area (TPSA) is 87.3 Å². The first-order valence-electron chi connectivity index (χ1n) is 4.83. The second kappa shape index (κ2) is 4.02. The van der Waals surface area contributed by atoms with Crippen LogP contribution in [0.4, 0.5) is 17.1 Å². The second-order valence-electron chi connectivity index (χ2n) is 3.47. The Bertz CT molecular complexity index is 511. The summed E-state index contributed by atoms with van der Waals surface area (Å²) in [6.45, 7) is 0. The summed E-state index contributed by atoms with van der Waals surface area (Å²) < 4.78 is 5.58. The van der Waals surface area contributed by atoms with Crippen molar-refractivity contribution in [3.05, 3.63) is 42.5 Å². The van der Waals surface area contributed by atoms with Gasteiger partial charge in [0.1, 0.15) is 11.5 Å². The van der Waals surface area contributed by atoms with Gasteiger partial charge in [0.25, 0.3) is 0 Å². The van der Waals surface area contributed by atoms with Crippen LogP contribution in [0.2, 0.25) is 0 Å². The fourth-order valence-corrected chi connectivity index (χ4v) is 1.33. The van der Waals surface area contributed by atoms with Gasteiger partial charge in [0.05, 0.1) is 11.4 Å². The molecule has 0 saturated carbocycles. The molecule has 0 aliphatic heterocycles. The fourth-order valence-electron chi connectivity index (χ4n) is 1.33. The third-order valence-corrected chi connectivity index (χ3v) is 2.15. The van der Waals surface area contributed by atoms with E-state index in [0.717, 1.165) is 0 Å². The van der Waals surface area contributed by atoms with E-state index in [-0.39, 0.29) is 0 Å². The van der Waals surface area contributed by atoms with Crippen LogP contribution >= 0.6 is 0 Å². The molecule has 82 valence electrons. The van der Waals surface area contributed by atoms with Crippen LogP contribution in [-0.2, 0) is 0 Å². The minimum Gasteiger partial charge on any atom is -0.457 e. The van der Waals surface area contributed by atoms with Crippen molar-refractivity contribution in [3.8, 4) is 11.5 Å². The zero-order chi connectivity index (χ0) is 11.5. The molecule has 0 radical (unpaired) electrons. The van der Waals surface area contributed by atoms with Gasteiger partial charge in [-0.2, -0.15) is 0 Å². The summed E-state index contributed by atoms with van der Waals surface area (Å²) >= 11 is 0. The van der Waals surface area contributed by atoms with Gasteiger partial charge in [-0.1, -0.05) is 6.07 Å². The Kier molecular flexibility index (Phi) is 2.55. The molecule has 4 heteroatoms. The zero-order valence-electron chi connectivity index (χ0n) is 8.68. The smallest absolute Gasteiger partial charge is 0.129 e. The van der Waals surface area contributed by atoms with Gasteiger partial charge >= 0.3 is 0 Å². The number of nitrogens with two attached hydrogens (primary N) is 3. The van der Waals surface area contributed by atoms with Crippen molar-refractivity contribution in [1.82, 2.24) is 0 Å². The number of rotatable bonds is 2. The van der Waals surface area contributed by atoms with Crippen LogP contribution in [-0.4, -0.2) is 0 Å². The number of hydrogen-bond donors (Lipinski definition) is 3. The van der Waals surface area contributed by atoms with Crippen LogP contribution in [0.25, 0.3) is 0 Å². The molecule has 2 rings (SSSR count). The highest BCUT2D eigenvalue weighted by Gasteiger charge is 2.00. The molecule has 0 aliphatic rings. The van der Waals surface area contributed by atoms with Crippen LogP contribution < -0.4 is 21.9 Å². The minimum absolute atomic E-state index is 0.501. The Morgan fingerprint density at radius 1 is 0.750 bits per heavy atom. The van der Waals surface area contributed by atoms with Gasteiger partial charge in [-0.25, -0.2) is 0 Å². The lowest BCUT2D eigenvalue weighted by Crippen LogP contribution is -1.95. The van der Waals surface area contributed by atoms with Gasteiger partial charge in [-0.15, -0.1) is 0 Å². The Hall–Kier alpha value is -2.36. The normalized spacial score (nSPS) is 10.0. The van der Waals surface area contributed by atoms with Gasteiger partial charge in [0, 0.05) is 17.8 Å². The van der Waals surface area contributed by atoms with Crippen molar-refractivity contribution in [2.24, 2.45) is 0 Å². The van der Waals surface area contributed by atoms with Crippen LogP contribution in [0.15, 0.2) is 42.5 Å². The van der Waals surface area contributed by atoms with Crippen molar-refractivity contribution in [2.45, 2.75) is 0 Å². The van der Waals surface area contributed by atoms with Gasteiger partial charge in [-0.3, -0.25) is 0 Å². The largest absolute Gasteiger partial charge is 0.457 e. The molecule has 0 unspecified atom stereocenters. The maximum absolute atomic E-state index is 5.67. The number of benzene rings is 2. The third-order valence-electron chi connectivity index (χ3n) is 2.15. The monoisotopic (exact) mass is 215 g/mol. The van der Waals surface area contributed by atoms with Gasteiger partial charge in [-0.05, 0) is 24.3 Å². The predicted molar refractivity (Wildman–Crippen MR) is 66.2 cm³/mol. The molecule has 0 aromatic heterocycles. The van der Waals surface area contributed by atoms with Crippen molar-refractivity contribution in [1.29, 1.82) is 0 Å². The second-order valence-corrected chi connectivity index (χ2v) is 3.47. The molecule has 0 heterocycles. The molecular weight excluding hydrogens is 202 g/mol. The minimum atomic E-state index is 0.501. The highest BCUT2D eigenvalue weighted by molar-refractivity contribution is 5.65. The molecular formula is C12H13N3O.